The van der Waals surface area contributed by atoms with Crippen LogP contribution in [0.25, 0.3) is 10.9 Å². The smallest absolute Gasteiger partial charge is 0.351 e. The Morgan fingerprint density at radius 1 is 0.909 bits per heavy atom. The Balaban J connectivity index is 1.42. The summed E-state index contributed by atoms with van der Waals surface area (Å²) < 4.78 is 17.3. The molecule has 0 amide bonds. The van der Waals surface area contributed by atoms with Crippen LogP contribution >= 0.6 is 0 Å². The number of nitrogens with zero attached hydrogens (tertiary/aromatic N) is 3. The number of hydrogen-bond acceptors (Lipinski definition) is 5. The maximum Gasteiger partial charge on any atom is 0.351 e. The zero-order chi connectivity index (χ0) is 23.0. The number of pyridine rings is 1. The summed E-state index contributed by atoms with van der Waals surface area (Å²) in [5.41, 5.74) is 3.37. The standard InChI is InChI=1S/C25H23N5O3/c1-31-23-12-10-19(25(26)29-30-27)14-24(23)33-15-17-5-4-7-21(13-17)32-16-20-11-9-18-6-2-3-8-22(18)28-20/h2-14H,15-16H2,1H3,(H3,26,27,29)/p+1. The average Bonchev–Trinajstić information content (AvgIpc) is 2.86. The van der Waals surface area contributed by atoms with Crippen LogP contribution in [0.5, 0.6) is 17.2 Å². The van der Waals surface area contributed by atoms with Crippen molar-refractivity contribution in [1.82, 2.24) is 4.98 Å². The number of benzene rings is 3. The first-order valence-electron chi connectivity index (χ1n) is 10.3. The highest BCUT2D eigenvalue weighted by atomic mass is 16.5. The first kappa shape index (κ1) is 21.8. The van der Waals surface area contributed by atoms with Crippen LogP contribution in [0.1, 0.15) is 16.8 Å². The quantitative estimate of drug-likeness (QED) is 0.143. The number of amidine groups is 1. The summed E-state index contributed by atoms with van der Waals surface area (Å²) in [5, 5.41) is 13.8. The van der Waals surface area contributed by atoms with Crippen molar-refractivity contribution in [3.8, 4) is 17.2 Å². The molecule has 3 aromatic carbocycles. The maximum absolute atomic E-state index is 5.98. The van der Waals surface area contributed by atoms with Crippen LogP contribution in [0.15, 0.2) is 89.2 Å². The molecule has 33 heavy (non-hydrogen) atoms. The highest BCUT2D eigenvalue weighted by Gasteiger charge is 2.14. The second kappa shape index (κ2) is 10.2. The van der Waals surface area contributed by atoms with E-state index in [0.29, 0.717) is 30.3 Å². The van der Waals surface area contributed by atoms with Crippen LogP contribution in [-0.2, 0) is 13.2 Å². The van der Waals surface area contributed by atoms with Crippen molar-refractivity contribution >= 4 is 16.7 Å². The van der Waals surface area contributed by atoms with E-state index < -0.39 is 0 Å². The number of para-hydroxylation sites is 1. The Bertz CT molecular complexity index is 1310. The summed E-state index contributed by atoms with van der Waals surface area (Å²) in [6, 6.07) is 25.0. The molecule has 4 N–H and O–H groups in total. The molecule has 0 radical (unpaired) electrons. The minimum Gasteiger partial charge on any atom is -0.493 e. The Morgan fingerprint density at radius 3 is 2.64 bits per heavy atom. The molecule has 8 nitrogen and oxygen atoms in total. The fourth-order valence-electron chi connectivity index (χ4n) is 3.30. The van der Waals surface area contributed by atoms with Crippen molar-refractivity contribution in [2.45, 2.75) is 13.2 Å². The Labute approximate surface area is 191 Å². The molecular formula is C25H24N5O3+. The van der Waals surface area contributed by atoms with E-state index in [1.807, 2.05) is 60.7 Å². The highest BCUT2D eigenvalue weighted by Crippen LogP contribution is 2.29. The van der Waals surface area contributed by atoms with Gasteiger partial charge in [-0.2, -0.15) is 0 Å². The average molecular weight is 442 g/mol. The molecule has 1 heterocycles. The van der Waals surface area contributed by atoms with Gasteiger partial charge >= 0.3 is 5.84 Å². The lowest BCUT2D eigenvalue weighted by Crippen LogP contribution is -2.38. The normalized spacial score (nSPS) is 10.9. The minimum atomic E-state index is 0.183. The monoisotopic (exact) mass is 442 g/mol. The summed E-state index contributed by atoms with van der Waals surface area (Å²) in [7, 11) is 1.57. The van der Waals surface area contributed by atoms with E-state index in [9.17, 15) is 0 Å². The summed E-state index contributed by atoms with van der Waals surface area (Å²) in [6.45, 7) is 0.680. The van der Waals surface area contributed by atoms with Gasteiger partial charge in [0.25, 0.3) is 0 Å². The number of fused-ring (bicyclic) bond motifs is 1. The molecule has 0 aliphatic heterocycles. The van der Waals surface area contributed by atoms with Gasteiger partial charge in [0.1, 0.15) is 19.0 Å². The molecule has 8 heteroatoms. The molecule has 0 saturated heterocycles. The molecule has 0 unspecified atom stereocenters. The van der Waals surface area contributed by atoms with Crippen LogP contribution in [0, 0.1) is 0 Å². The van der Waals surface area contributed by atoms with Gasteiger partial charge in [-0.3, -0.25) is 11.3 Å². The van der Waals surface area contributed by atoms with E-state index in [-0.39, 0.29) is 5.84 Å². The lowest BCUT2D eigenvalue weighted by molar-refractivity contribution is -0.114. The molecule has 166 valence electrons. The Hall–Kier alpha value is -4.46. The molecule has 4 rings (SSSR count). The molecule has 4 aromatic rings. The number of hydrogen-bond donors (Lipinski definition) is 2. The topological polar surface area (TPSA) is 117 Å². The van der Waals surface area contributed by atoms with Crippen molar-refractivity contribution in [2.24, 2.45) is 16.2 Å². The third kappa shape index (κ3) is 5.43. The molecular weight excluding hydrogens is 418 g/mol. The molecule has 0 spiro atoms. The summed E-state index contributed by atoms with van der Waals surface area (Å²) in [4.78, 5) is 4.65. The largest absolute Gasteiger partial charge is 0.493 e. The predicted octanol–water partition coefficient (Wildman–Crippen LogP) is 3.23. The SMILES string of the molecule is COc1ccc(C(=[NH2+])N=NN)cc1OCc1cccc(OCc2ccc3ccccc3n2)c1. The van der Waals surface area contributed by atoms with E-state index >= 15 is 0 Å². The van der Waals surface area contributed by atoms with Crippen LogP contribution in [0.4, 0.5) is 0 Å². The zero-order valence-electron chi connectivity index (χ0n) is 18.1. The Morgan fingerprint density at radius 2 is 1.79 bits per heavy atom. The van der Waals surface area contributed by atoms with Crippen molar-refractivity contribution in [2.75, 3.05) is 7.11 Å². The van der Waals surface area contributed by atoms with Gasteiger partial charge in [0.2, 0.25) is 0 Å². The van der Waals surface area contributed by atoms with Gasteiger partial charge in [0, 0.05) is 10.6 Å². The van der Waals surface area contributed by atoms with Crippen molar-refractivity contribution in [3.63, 3.8) is 0 Å². The van der Waals surface area contributed by atoms with Crippen LogP contribution in [0.3, 0.4) is 0 Å². The third-order valence-electron chi connectivity index (χ3n) is 4.96. The maximum atomic E-state index is 5.98. The van der Waals surface area contributed by atoms with Gasteiger partial charge in [-0.1, -0.05) is 36.4 Å². The summed E-state index contributed by atoms with van der Waals surface area (Å²) in [5.74, 6) is 7.09. The molecule has 0 fully saturated rings. The van der Waals surface area contributed by atoms with Crippen molar-refractivity contribution in [1.29, 1.82) is 0 Å². The van der Waals surface area contributed by atoms with Gasteiger partial charge in [0.05, 0.1) is 29.0 Å². The van der Waals surface area contributed by atoms with E-state index in [1.165, 1.54) is 0 Å². The van der Waals surface area contributed by atoms with E-state index in [4.69, 9.17) is 25.5 Å². The minimum absolute atomic E-state index is 0.183. The zero-order valence-corrected chi connectivity index (χ0v) is 18.1. The van der Waals surface area contributed by atoms with Gasteiger partial charge in [-0.05, 0) is 48.0 Å². The van der Waals surface area contributed by atoms with Gasteiger partial charge in [-0.15, -0.1) is 0 Å². The molecule has 0 aliphatic carbocycles. The number of methoxy groups -OCH3 is 1. The first-order chi connectivity index (χ1) is 16.2. The van der Waals surface area contributed by atoms with Crippen LogP contribution in [-0.4, -0.2) is 17.9 Å². The van der Waals surface area contributed by atoms with E-state index in [2.05, 4.69) is 15.3 Å². The molecule has 0 atom stereocenters. The number of rotatable bonds is 8. The fourth-order valence-corrected chi connectivity index (χ4v) is 3.30. The van der Waals surface area contributed by atoms with Crippen molar-refractivity contribution < 1.29 is 19.6 Å². The molecule has 0 bridgehead atoms. The van der Waals surface area contributed by atoms with Gasteiger partial charge < -0.3 is 14.2 Å². The lowest BCUT2D eigenvalue weighted by atomic mass is 10.2. The van der Waals surface area contributed by atoms with E-state index in [1.54, 1.807) is 25.3 Å². The fraction of sp³-hybridized carbons (Fsp3) is 0.120. The van der Waals surface area contributed by atoms with Gasteiger partial charge in [-0.25, -0.2) is 4.98 Å². The third-order valence-corrected chi connectivity index (χ3v) is 4.96. The van der Waals surface area contributed by atoms with Crippen LogP contribution < -0.4 is 25.5 Å². The lowest BCUT2D eigenvalue weighted by Gasteiger charge is -2.12. The summed E-state index contributed by atoms with van der Waals surface area (Å²) >= 11 is 0. The second-order valence-corrected chi connectivity index (χ2v) is 7.19. The highest BCUT2D eigenvalue weighted by molar-refractivity contribution is 5.95. The first-order valence-corrected chi connectivity index (χ1v) is 10.3. The van der Waals surface area contributed by atoms with Gasteiger partial charge in [0.15, 0.2) is 11.5 Å². The number of nitrogens with two attached hydrogens (primary N) is 2. The van der Waals surface area contributed by atoms with E-state index in [0.717, 1.165) is 27.9 Å². The number of aromatic nitrogens is 1. The summed E-state index contributed by atoms with van der Waals surface area (Å²) in [6.07, 6.45) is 0. The predicted molar refractivity (Wildman–Crippen MR) is 125 cm³/mol. The molecule has 0 saturated carbocycles. The van der Waals surface area contributed by atoms with Crippen LogP contribution in [0.2, 0.25) is 0 Å². The van der Waals surface area contributed by atoms with Crippen molar-refractivity contribution in [3.05, 3.63) is 95.7 Å². The Kier molecular flexibility index (Phi) is 6.75. The number of ether oxygens (including phenoxy) is 3. The molecule has 1 aromatic heterocycles. The second-order valence-electron chi connectivity index (χ2n) is 7.19. The molecule has 0 aliphatic rings.